The zero-order valence-electron chi connectivity index (χ0n) is 8.29. The molecule has 2 aliphatic rings. The lowest BCUT2D eigenvalue weighted by molar-refractivity contribution is -0.122. The number of carbonyl (C=O) groups is 1. The summed E-state index contributed by atoms with van der Waals surface area (Å²) in [6.45, 7) is 0. The van der Waals surface area contributed by atoms with Gasteiger partial charge >= 0.3 is 0 Å². The zero-order chi connectivity index (χ0) is 10.5. The normalized spacial score (nSPS) is 27.7. The van der Waals surface area contributed by atoms with E-state index in [1.54, 1.807) is 6.08 Å². The molecule has 2 heteroatoms. The van der Waals surface area contributed by atoms with Crippen molar-refractivity contribution in [3.63, 3.8) is 0 Å². The van der Waals surface area contributed by atoms with Crippen LogP contribution in [-0.4, -0.2) is 5.78 Å². The molecule has 0 N–H and O–H groups in total. The smallest absolute Gasteiger partial charge is 0.162 e. The van der Waals surface area contributed by atoms with Crippen molar-refractivity contribution < 1.29 is 4.79 Å². The SMILES string of the molecule is O=C1C=CC[C@]12Cc1ccc(Br)cc1C2. The summed E-state index contributed by atoms with van der Waals surface area (Å²) in [4.78, 5) is 11.9. The fourth-order valence-corrected chi connectivity index (χ4v) is 3.12. The molecule has 0 amide bonds. The Morgan fingerprint density at radius 1 is 1.20 bits per heavy atom. The Labute approximate surface area is 97.3 Å². The number of benzene rings is 1. The van der Waals surface area contributed by atoms with Crippen molar-refractivity contribution in [2.75, 3.05) is 0 Å². The molecule has 0 bridgehead atoms. The number of hydrogen-bond acceptors (Lipinski definition) is 1. The van der Waals surface area contributed by atoms with Gasteiger partial charge in [-0.25, -0.2) is 0 Å². The number of allylic oxidation sites excluding steroid dienone is 2. The first-order valence-corrected chi connectivity index (χ1v) is 5.97. The Bertz CT molecular complexity index is 475. The molecule has 0 radical (unpaired) electrons. The second-order valence-corrected chi connectivity index (χ2v) is 5.43. The second kappa shape index (κ2) is 3.05. The standard InChI is InChI=1S/C13H11BrO/c14-11-4-3-9-7-13(8-10(9)6-11)5-1-2-12(13)15/h1-4,6H,5,7-8H2/t13-/m1/s1. The molecule has 3 rings (SSSR count). The predicted octanol–water partition coefficient (Wildman–Crippen LogP) is 3.06. The molecule has 1 atom stereocenters. The summed E-state index contributed by atoms with van der Waals surface area (Å²) in [6.07, 6.45) is 6.51. The molecule has 2 aliphatic carbocycles. The van der Waals surface area contributed by atoms with Gasteiger partial charge in [-0.05, 0) is 48.6 Å². The minimum absolute atomic E-state index is 0.122. The van der Waals surface area contributed by atoms with Gasteiger partial charge in [0.25, 0.3) is 0 Å². The number of ketones is 1. The van der Waals surface area contributed by atoms with E-state index in [4.69, 9.17) is 0 Å². The number of carbonyl (C=O) groups excluding carboxylic acids is 1. The van der Waals surface area contributed by atoms with E-state index in [1.807, 2.05) is 6.08 Å². The van der Waals surface area contributed by atoms with Crippen LogP contribution >= 0.6 is 15.9 Å². The minimum Gasteiger partial charge on any atom is -0.294 e. The second-order valence-electron chi connectivity index (χ2n) is 4.52. The third kappa shape index (κ3) is 1.31. The highest BCUT2D eigenvalue weighted by atomic mass is 79.9. The lowest BCUT2D eigenvalue weighted by atomic mass is 9.81. The maximum atomic E-state index is 11.9. The Kier molecular flexibility index (Phi) is 1.90. The maximum absolute atomic E-state index is 11.9. The molecule has 0 aromatic heterocycles. The van der Waals surface area contributed by atoms with Crippen LogP contribution in [0.5, 0.6) is 0 Å². The van der Waals surface area contributed by atoms with Crippen LogP contribution in [0.3, 0.4) is 0 Å². The van der Waals surface area contributed by atoms with Gasteiger partial charge in [0, 0.05) is 9.89 Å². The summed E-state index contributed by atoms with van der Waals surface area (Å²) in [5.41, 5.74) is 2.56. The van der Waals surface area contributed by atoms with E-state index in [0.29, 0.717) is 5.78 Å². The Balaban J connectivity index is 2.02. The summed E-state index contributed by atoms with van der Waals surface area (Å²) in [7, 11) is 0. The highest BCUT2D eigenvalue weighted by Crippen LogP contribution is 2.44. The molecule has 1 spiro atoms. The van der Waals surface area contributed by atoms with E-state index in [-0.39, 0.29) is 5.41 Å². The highest BCUT2D eigenvalue weighted by molar-refractivity contribution is 9.10. The molecule has 0 heterocycles. The third-order valence-corrected chi connectivity index (χ3v) is 4.02. The van der Waals surface area contributed by atoms with Gasteiger partial charge in [-0.15, -0.1) is 0 Å². The summed E-state index contributed by atoms with van der Waals surface area (Å²) in [6, 6.07) is 6.35. The van der Waals surface area contributed by atoms with Gasteiger partial charge in [-0.1, -0.05) is 28.1 Å². The molecule has 0 saturated heterocycles. The van der Waals surface area contributed by atoms with Crippen LogP contribution in [0.25, 0.3) is 0 Å². The number of rotatable bonds is 0. The first kappa shape index (κ1) is 9.34. The van der Waals surface area contributed by atoms with Gasteiger partial charge in [0.05, 0.1) is 0 Å². The minimum atomic E-state index is -0.122. The van der Waals surface area contributed by atoms with E-state index in [1.165, 1.54) is 11.1 Å². The van der Waals surface area contributed by atoms with E-state index in [9.17, 15) is 4.79 Å². The van der Waals surface area contributed by atoms with Gasteiger partial charge in [-0.3, -0.25) is 4.79 Å². The molecule has 15 heavy (non-hydrogen) atoms. The Morgan fingerprint density at radius 3 is 2.73 bits per heavy atom. The number of hydrogen-bond donors (Lipinski definition) is 0. The van der Waals surface area contributed by atoms with Crippen molar-refractivity contribution in [3.05, 3.63) is 46.0 Å². The summed E-state index contributed by atoms with van der Waals surface area (Å²) in [5, 5.41) is 0. The monoisotopic (exact) mass is 262 g/mol. The number of fused-ring (bicyclic) bond motifs is 1. The Hall–Kier alpha value is -0.890. The van der Waals surface area contributed by atoms with Crippen molar-refractivity contribution in [2.24, 2.45) is 5.41 Å². The van der Waals surface area contributed by atoms with Gasteiger partial charge in [0.2, 0.25) is 0 Å². The fraction of sp³-hybridized carbons (Fsp3) is 0.308. The van der Waals surface area contributed by atoms with Crippen LogP contribution in [0.1, 0.15) is 17.5 Å². The molecule has 1 aromatic carbocycles. The van der Waals surface area contributed by atoms with Gasteiger partial charge in [0.15, 0.2) is 5.78 Å². The highest BCUT2D eigenvalue weighted by Gasteiger charge is 2.43. The van der Waals surface area contributed by atoms with E-state index < -0.39 is 0 Å². The maximum Gasteiger partial charge on any atom is 0.162 e. The van der Waals surface area contributed by atoms with Gasteiger partial charge in [0.1, 0.15) is 0 Å². The van der Waals surface area contributed by atoms with Gasteiger partial charge in [-0.2, -0.15) is 0 Å². The quantitative estimate of drug-likeness (QED) is 0.703. The molecule has 0 unspecified atom stereocenters. The molecular weight excluding hydrogens is 252 g/mol. The van der Waals surface area contributed by atoms with Crippen LogP contribution in [0, 0.1) is 5.41 Å². The summed E-state index contributed by atoms with van der Waals surface area (Å²) >= 11 is 3.48. The molecule has 0 aliphatic heterocycles. The summed E-state index contributed by atoms with van der Waals surface area (Å²) < 4.78 is 1.11. The lowest BCUT2D eigenvalue weighted by Crippen LogP contribution is -2.26. The van der Waals surface area contributed by atoms with Crippen LogP contribution in [0.2, 0.25) is 0 Å². The van der Waals surface area contributed by atoms with Crippen LogP contribution < -0.4 is 0 Å². The number of halogens is 1. The van der Waals surface area contributed by atoms with Crippen molar-refractivity contribution >= 4 is 21.7 Å². The average Bonchev–Trinajstić information content (AvgIpc) is 2.71. The van der Waals surface area contributed by atoms with Crippen molar-refractivity contribution in [2.45, 2.75) is 19.3 Å². The van der Waals surface area contributed by atoms with Gasteiger partial charge < -0.3 is 0 Å². The summed E-state index contributed by atoms with van der Waals surface area (Å²) in [5.74, 6) is 0.315. The van der Waals surface area contributed by atoms with E-state index in [2.05, 4.69) is 34.1 Å². The first-order chi connectivity index (χ1) is 7.20. The lowest BCUT2D eigenvalue weighted by Gasteiger charge is -2.19. The van der Waals surface area contributed by atoms with Crippen LogP contribution in [0.4, 0.5) is 0 Å². The average molecular weight is 263 g/mol. The van der Waals surface area contributed by atoms with Crippen LogP contribution in [0.15, 0.2) is 34.8 Å². The van der Waals surface area contributed by atoms with Crippen molar-refractivity contribution in [3.8, 4) is 0 Å². The molecule has 1 nitrogen and oxygen atoms in total. The third-order valence-electron chi connectivity index (χ3n) is 3.53. The zero-order valence-corrected chi connectivity index (χ0v) is 9.88. The largest absolute Gasteiger partial charge is 0.294 e. The topological polar surface area (TPSA) is 17.1 Å². The van der Waals surface area contributed by atoms with E-state index >= 15 is 0 Å². The molecule has 1 aromatic rings. The van der Waals surface area contributed by atoms with Crippen molar-refractivity contribution in [1.82, 2.24) is 0 Å². The van der Waals surface area contributed by atoms with Crippen molar-refractivity contribution in [1.29, 1.82) is 0 Å². The fourth-order valence-electron chi connectivity index (χ4n) is 2.71. The van der Waals surface area contributed by atoms with E-state index in [0.717, 1.165) is 23.7 Å². The first-order valence-electron chi connectivity index (χ1n) is 5.18. The molecule has 0 saturated carbocycles. The predicted molar refractivity (Wildman–Crippen MR) is 62.7 cm³/mol. The molecule has 0 fully saturated rings. The van der Waals surface area contributed by atoms with Crippen LogP contribution in [-0.2, 0) is 17.6 Å². The molecule has 76 valence electrons. The molecular formula is C13H11BrO. The Morgan fingerprint density at radius 2 is 2.00 bits per heavy atom.